The van der Waals surface area contributed by atoms with Crippen molar-refractivity contribution < 1.29 is 4.74 Å². The molecular weight excluding hydrogens is 282 g/mol. The fourth-order valence-electron chi connectivity index (χ4n) is 1.93. The number of thiazole rings is 1. The molecule has 5 heteroatoms. The van der Waals surface area contributed by atoms with Crippen LogP contribution in [-0.2, 0) is 6.54 Å². The average Bonchev–Trinajstić information content (AvgIpc) is 2.76. The third-order valence-corrected chi connectivity index (χ3v) is 4.19. The Hall–Kier alpha value is -1.59. The molecule has 1 aromatic heterocycles. The van der Waals surface area contributed by atoms with Gasteiger partial charge in [0.25, 0.3) is 0 Å². The van der Waals surface area contributed by atoms with E-state index in [-0.39, 0.29) is 0 Å². The molecule has 0 atom stereocenters. The smallest absolute Gasteiger partial charge is 0.119 e. The van der Waals surface area contributed by atoms with Crippen molar-refractivity contribution in [1.29, 1.82) is 0 Å². The van der Waals surface area contributed by atoms with Gasteiger partial charge in [0.2, 0.25) is 0 Å². The lowest BCUT2D eigenvalue weighted by Gasteiger charge is -2.11. The van der Waals surface area contributed by atoms with E-state index in [0.717, 1.165) is 35.2 Å². The maximum Gasteiger partial charge on any atom is 0.119 e. The number of nitrogens with one attached hydrogen (secondary N) is 1. The summed E-state index contributed by atoms with van der Waals surface area (Å²) in [6, 6.07) is 8.11. The third kappa shape index (κ3) is 5.02. The van der Waals surface area contributed by atoms with E-state index in [0.29, 0.717) is 6.61 Å². The molecule has 0 saturated heterocycles. The molecule has 1 heterocycles. The molecule has 0 aliphatic heterocycles. The topological polar surface area (TPSA) is 37.4 Å². The lowest BCUT2D eigenvalue weighted by molar-refractivity contribution is 0.261. The Balaban J connectivity index is 1.83. The number of hydrogen-bond donors (Lipinski definition) is 1. The first-order valence-electron chi connectivity index (χ1n) is 7.09. The molecule has 0 aliphatic rings. The van der Waals surface area contributed by atoms with Crippen molar-refractivity contribution in [3.05, 3.63) is 39.8 Å². The van der Waals surface area contributed by atoms with Gasteiger partial charge in [-0.2, -0.15) is 0 Å². The van der Waals surface area contributed by atoms with Crippen molar-refractivity contribution in [3.63, 3.8) is 0 Å². The molecule has 0 radical (unpaired) electrons. The third-order valence-electron chi connectivity index (χ3n) is 3.11. The summed E-state index contributed by atoms with van der Waals surface area (Å²) in [5.41, 5.74) is 2.22. The fourth-order valence-corrected chi connectivity index (χ4v) is 2.81. The minimum Gasteiger partial charge on any atom is -0.492 e. The molecule has 1 aromatic carbocycles. The summed E-state index contributed by atoms with van der Waals surface area (Å²) in [7, 11) is 4.08. The van der Waals surface area contributed by atoms with Crippen LogP contribution in [0, 0.1) is 13.8 Å². The number of aryl methyl sites for hydroxylation is 2. The minimum atomic E-state index is 0.707. The van der Waals surface area contributed by atoms with E-state index in [1.165, 1.54) is 4.88 Å². The number of ether oxygens (including phenoxy) is 1. The Morgan fingerprint density at radius 2 is 1.90 bits per heavy atom. The number of hydrogen-bond acceptors (Lipinski definition) is 5. The van der Waals surface area contributed by atoms with Gasteiger partial charge in [0.05, 0.1) is 17.2 Å². The number of benzene rings is 1. The highest BCUT2D eigenvalue weighted by Crippen LogP contribution is 2.20. The highest BCUT2D eigenvalue weighted by molar-refractivity contribution is 7.11. The number of likely N-dealkylation sites (N-methyl/N-ethyl adjacent to an activating group) is 1. The molecule has 0 fully saturated rings. The molecular formula is C16H23N3OS. The van der Waals surface area contributed by atoms with Crippen LogP contribution >= 0.6 is 11.3 Å². The maximum atomic E-state index is 5.68. The Morgan fingerprint density at radius 1 is 1.19 bits per heavy atom. The van der Waals surface area contributed by atoms with Crippen molar-refractivity contribution in [2.45, 2.75) is 20.4 Å². The monoisotopic (exact) mass is 305 g/mol. The number of anilines is 1. The summed E-state index contributed by atoms with van der Waals surface area (Å²) < 4.78 is 5.68. The zero-order chi connectivity index (χ0) is 15.2. The van der Waals surface area contributed by atoms with Crippen molar-refractivity contribution in [1.82, 2.24) is 9.88 Å². The highest BCUT2D eigenvalue weighted by Gasteiger charge is 2.04. The van der Waals surface area contributed by atoms with Gasteiger partial charge in [-0.05, 0) is 52.2 Å². The molecule has 0 unspecified atom stereocenters. The second-order valence-electron chi connectivity index (χ2n) is 5.27. The Labute approximate surface area is 130 Å². The summed E-state index contributed by atoms with van der Waals surface area (Å²) >= 11 is 1.75. The van der Waals surface area contributed by atoms with Gasteiger partial charge in [0.1, 0.15) is 12.4 Å². The summed E-state index contributed by atoms with van der Waals surface area (Å²) in [6.07, 6.45) is 0. The number of nitrogens with zero attached hydrogens (tertiary/aromatic N) is 2. The van der Waals surface area contributed by atoms with Crippen LogP contribution < -0.4 is 10.1 Å². The van der Waals surface area contributed by atoms with Gasteiger partial charge in [-0.3, -0.25) is 0 Å². The van der Waals surface area contributed by atoms with Crippen LogP contribution in [0.1, 0.15) is 15.6 Å². The van der Waals surface area contributed by atoms with Gasteiger partial charge in [-0.15, -0.1) is 11.3 Å². The summed E-state index contributed by atoms with van der Waals surface area (Å²) in [4.78, 5) is 7.84. The van der Waals surface area contributed by atoms with E-state index < -0.39 is 0 Å². The van der Waals surface area contributed by atoms with E-state index in [4.69, 9.17) is 4.74 Å². The molecule has 0 amide bonds. The Morgan fingerprint density at radius 3 is 2.48 bits per heavy atom. The maximum absolute atomic E-state index is 5.68. The van der Waals surface area contributed by atoms with Crippen LogP contribution in [0.5, 0.6) is 5.75 Å². The molecule has 0 spiro atoms. The highest BCUT2D eigenvalue weighted by atomic mass is 32.1. The van der Waals surface area contributed by atoms with E-state index in [2.05, 4.69) is 22.1 Å². The molecule has 114 valence electrons. The van der Waals surface area contributed by atoms with Gasteiger partial charge in [-0.25, -0.2) is 4.98 Å². The van der Waals surface area contributed by atoms with Crippen molar-refractivity contribution >= 4 is 17.0 Å². The zero-order valence-electron chi connectivity index (χ0n) is 13.1. The molecule has 0 aliphatic carbocycles. The predicted octanol–water partition coefficient (Wildman–Crippen LogP) is 3.31. The molecule has 2 aromatic rings. The number of rotatable bonds is 7. The molecule has 0 bridgehead atoms. The van der Waals surface area contributed by atoms with Gasteiger partial charge in [-0.1, -0.05) is 0 Å². The predicted molar refractivity (Wildman–Crippen MR) is 89.4 cm³/mol. The average molecular weight is 305 g/mol. The Kier molecular flexibility index (Phi) is 5.59. The first-order chi connectivity index (χ1) is 10.0. The van der Waals surface area contributed by atoms with E-state index in [9.17, 15) is 0 Å². The number of aromatic nitrogens is 1. The van der Waals surface area contributed by atoms with Crippen LogP contribution in [0.3, 0.4) is 0 Å². The van der Waals surface area contributed by atoms with Gasteiger partial charge >= 0.3 is 0 Å². The minimum absolute atomic E-state index is 0.707. The Bertz CT molecular complexity index is 563. The van der Waals surface area contributed by atoms with Gasteiger partial charge in [0, 0.05) is 17.1 Å². The van der Waals surface area contributed by atoms with E-state index >= 15 is 0 Å². The zero-order valence-corrected chi connectivity index (χ0v) is 14.0. The van der Waals surface area contributed by atoms with Crippen LogP contribution in [-0.4, -0.2) is 37.1 Å². The lowest BCUT2D eigenvalue weighted by Crippen LogP contribution is -2.19. The van der Waals surface area contributed by atoms with Crippen LogP contribution in [0.25, 0.3) is 0 Å². The second-order valence-corrected chi connectivity index (χ2v) is 6.56. The quantitative estimate of drug-likeness (QED) is 0.851. The molecule has 4 nitrogen and oxygen atoms in total. The second kappa shape index (κ2) is 7.43. The first kappa shape index (κ1) is 15.8. The molecule has 21 heavy (non-hydrogen) atoms. The van der Waals surface area contributed by atoms with Crippen molar-refractivity contribution in [3.8, 4) is 5.75 Å². The van der Waals surface area contributed by atoms with E-state index in [1.54, 1.807) is 11.3 Å². The van der Waals surface area contributed by atoms with Gasteiger partial charge in [0.15, 0.2) is 0 Å². The SMILES string of the molecule is Cc1nc(C)c(CNc2ccc(OCCN(C)C)cc2)s1. The van der Waals surface area contributed by atoms with Crippen LogP contribution in [0.15, 0.2) is 24.3 Å². The standard InChI is InChI=1S/C16H23N3OS/c1-12-16(21-13(2)18-12)11-17-14-5-7-15(8-6-14)20-10-9-19(3)4/h5-8,17H,9-11H2,1-4H3. The molecule has 1 N–H and O–H groups in total. The largest absolute Gasteiger partial charge is 0.492 e. The summed E-state index contributed by atoms with van der Waals surface area (Å²) in [5.74, 6) is 0.909. The fraction of sp³-hybridized carbons (Fsp3) is 0.438. The molecule has 0 saturated carbocycles. The van der Waals surface area contributed by atoms with Gasteiger partial charge < -0.3 is 15.0 Å². The van der Waals surface area contributed by atoms with Crippen molar-refractivity contribution in [2.75, 3.05) is 32.6 Å². The summed E-state index contributed by atoms with van der Waals surface area (Å²) in [5, 5.41) is 4.54. The van der Waals surface area contributed by atoms with Crippen LogP contribution in [0.4, 0.5) is 5.69 Å². The molecule has 2 rings (SSSR count). The van der Waals surface area contributed by atoms with E-state index in [1.807, 2.05) is 45.3 Å². The van der Waals surface area contributed by atoms with Crippen molar-refractivity contribution in [2.24, 2.45) is 0 Å². The normalized spacial score (nSPS) is 10.9. The van der Waals surface area contributed by atoms with Crippen LogP contribution in [0.2, 0.25) is 0 Å². The first-order valence-corrected chi connectivity index (χ1v) is 7.90. The lowest BCUT2D eigenvalue weighted by atomic mass is 10.3. The summed E-state index contributed by atoms with van der Waals surface area (Å²) in [6.45, 7) is 6.55.